The molecule has 0 bridgehead atoms. The first-order valence-electron chi connectivity index (χ1n) is 11.4. The van der Waals surface area contributed by atoms with E-state index in [0.29, 0.717) is 37.4 Å². The second kappa shape index (κ2) is 10.5. The first-order chi connectivity index (χ1) is 15.9. The van der Waals surface area contributed by atoms with Gasteiger partial charge in [-0.1, -0.05) is 6.08 Å². The van der Waals surface area contributed by atoms with Crippen LogP contribution in [0.5, 0.6) is 0 Å². The predicted octanol–water partition coefficient (Wildman–Crippen LogP) is 4.36. The molecule has 2 aliphatic heterocycles. The molecule has 0 aromatic heterocycles. The minimum atomic E-state index is -4.43. The van der Waals surface area contributed by atoms with Gasteiger partial charge in [-0.25, -0.2) is 4.39 Å². The van der Waals surface area contributed by atoms with Crippen molar-refractivity contribution in [2.24, 2.45) is 11.8 Å². The molecule has 5 atom stereocenters. The molecule has 1 fully saturated rings. The van der Waals surface area contributed by atoms with Crippen LogP contribution in [0.4, 0.5) is 23.2 Å². The van der Waals surface area contributed by atoms with Gasteiger partial charge in [0.05, 0.1) is 37.6 Å². The van der Waals surface area contributed by atoms with Crippen LogP contribution in [0.3, 0.4) is 0 Å². The van der Waals surface area contributed by atoms with Gasteiger partial charge < -0.3 is 25.2 Å². The van der Waals surface area contributed by atoms with E-state index in [1.165, 1.54) is 18.2 Å². The van der Waals surface area contributed by atoms with E-state index in [-0.39, 0.29) is 43.0 Å². The number of anilines is 1. The second-order valence-corrected chi connectivity index (χ2v) is 8.78. The fourth-order valence-electron chi connectivity index (χ4n) is 5.00. The van der Waals surface area contributed by atoms with Gasteiger partial charge in [0.2, 0.25) is 0 Å². The highest BCUT2D eigenvalue weighted by Gasteiger charge is 2.45. The third-order valence-electron chi connectivity index (χ3n) is 6.60. The Hall–Kier alpha value is -1.94. The highest BCUT2D eigenvalue weighted by Crippen LogP contribution is 2.49. The summed E-state index contributed by atoms with van der Waals surface area (Å²) in [5.74, 6) is -0.244. The predicted molar refractivity (Wildman–Crippen MR) is 116 cm³/mol. The van der Waals surface area contributed by atoms with Crippen LogP contribution in [0.2, 0.25) is 0 Å². The molecule has 0 radical (unpaired) electrons. The van der Waals surface area contributed by atoms with Gasteiger partial charge in [0.1, 0.15) is 5.83 Å². The van der Waals surface area contributed by atoms with Crippen LogP contribution in [0, 0.1) is 11.8 Å². The first-order valence-corrected chi connectivity index (χ1v) is 11.4. The van der Waals surface area contributed by atoms with Crippen LogP contribution in [0.15, 0.2) is 42.3 Å². The van der Waals surface area contributed by atoms with Crippen LogP contribution in [-0.4, -0.2) is 50.2 Å². The summed E-state index contributed by atoms with van der Waals surface area (Å²) in [6, 6.07) is 3.72. The van der Waals surface area contributed by atoms with E-state index in [1.54, 1.807) is 6.08 Å². The van der Waals surface area contributed by atoms with E-state index in [4.69, 9.17) is 14.6 Å². The van der Waals surface area contributed by atoms with Gasteiger partial charge in [0, 0.05) is 42.2 Å². The fraction of sp³-hybridized carbons (Fsp3) is 0.583. The molecular formula is C24H30F4N2O3. The number of aliphatic hydroxyl groups excluding tert-OH is 1. The summed E-state index contributed by atoms with van der Waals surface area (Å²) in [6.07, 6.45) is 1.94. The van der Waals surface area contributed by atoms with Crippen LogP contribution in [-0.2, 0) is 15.7 Å². The molecule has 5 nitrogen and oxygen atoms in total. The molecule has 3 N–H and O–H groups in total. The third kappa shape index (κ3) is 5.77. The molecule has 1 saturated heterocycles. The lowest BCUT2D eigenvalue weighted by Gasteiger charge is -2.47. The molecule has 33 heavy (non-hydrogen) atoms. The van der Waals surface area contributed by atoms with E-state index in [2.05, 4.69) is 10.6 Å². The normalized spacial score (nSPS) is 29.1. The lowest BCUT2D eigenvalue weighted by molar-refractivity contribution is -0.138. The van der Waals surface area contributed by atoms with E-state index in [0.717, 1.165) is 18.9 Å². The molecule has 1 unspecified atom stereocenters. The molecule has 1 aliphatic carbocycles. The zero-order chi connectivity index (χ0) is 23.4. The number of rotatable bonds is 8. The average Bonchev–Trinajstić information content (AvgIpc) is 2.80. The van der Waals surface area contributed by atoms with Gasteiger partial charge in [-0.3, -0.25) is 0 Å². The van der Waals surface area contributed by atoms with Crippen molar-refractivity contribution in [2.75, 3.05) is 38.2 Å². The first kappa shape index (κ1) is 24.2. The van der Waals surface area contributed by atoms with E-state index < -0.39 is 17.8 Å². The number of hydrogen-bond acceptors (Lipinski definition) is 5. The zero-order valence-corrected chi connectivity index (χ0v) is 18.3. The number of alkyl halides is 3. The van der Waals surface area contributed by atoms with Crippen LogP contribution in [0.25, 0.3) is 0 Å². The third-order valence-corrected chi connectivity index (χ3v) is 6.60. The van der Waals surface area contributed by atoms with Crippen molar-refractivity contribution >= 4 is 5.69 Å². The Morgan fingerprint density at radius 3 is 2.79 bits per heavy atom. The van der Waals surface area contributed by atoms with Crippen LogP contribution >= 0.6 is 0 Å². The van der Waals surface area contributed by atoms with Gasteiger partial charge in [-0.15, -0.1) is 0 Å². The lowest BCUT2D eigenvalue weighted by atomic mass is 9.73. The Kier molecular flexibility index (Phi) is 7.73. The largest absolute Gasteiger partial charge is 0.416 e. The minimum absolute atomic E-state index is 0.0191. The van der Waals surface area contributed by atoms with E-state index >= 15 is 0 Å². The number of fused-ring (bicyclic) bond motifs is 3. The average molecular weight is 471 g/mol. The number of halogens is 4. The fourth-order valence-corrected chi connectivity index (χ4v) is 5.00. The van der Waals surface area contributed by atoms with Crippen molar-refractivity contribution in [3.8, 4) is 0 Å². The maximum Gasteiger partial charge on any atom is 0.416 e. The molecule has 3 aliphatic rings. The Bertz CT molecular complexity index is 874. The Labute approximate surface area is 190 Å². The molecule has 1 aromatic carbocycles. The summed E-state index contributed by atoms with van der Waals surface area (Å²) in [4.78, 5) is 0. The molecule has 1 aromatic rings. The number of hydrogen-bond donors (Lipinski definition) is 3. The van der Waals surface area contributed by atoms with Crippen molar-refractivity contribution in [2.45, 2.75) is 43.7 Å². The second-order valence-electron chi connectivity index (χ2n) is 8.78. The Morgan fingerprint density at radius 2 is 2.06 bits per heavy atom. The smallest absolute Gasteiger partial charge is 0.394 e. The zero-order valence-electron chi connectivity index (χ0n) is 18.3. The molecule has 182 valence electrons. The standard InChI is InChI=1S/C24H30F4N2O3/c25-17-4-1-15(2-5-17)22-19-7-6-18(14-29-9-11-32-12-10-31)33-23(19)20-13-16(24(26,27)28)3-8-21(20)30-22/h1,3-5,8,13,15,18-19,22-23,29-31H,2,6-7,9-12,14H2/t15?,18-,19+,22+,23+/m1/s1. The highest BCUT2D eigenvalue weighted by molar-refractivity contribution is 5.58. The van der Waals surface area contributed by atoms with Gasteiger partial charge in [-0.05, 0) is 49.6 Å². The SMILES string of the molecule is OCCOCCNC[C@H]1CC[C@@H]2[C@H](O1)c1cc(C(F)(F)F)ccc1N[C@H]2C1C=CC(F)=CC1. The van der Waals surface area contributed by atoms with Gasteiger partial charge >= 0.3 is 6.18 Å². The molecule has 2 heterocycles. The maximum atomic E-state index is 13.5. The number of aliphatic hydroxyl groups is 1. The Balaban J connectivity index is 1.51. The Morgan fingerprint density at radius 1 is 1.21 bits per heavy atom. The van der Waals surface area contributed by atoms with E-state index in [9.17, 15) is 17.6 Å². The number of nitrogens with one attached hydrogen (secondary N) is 2. The van der Waals surface area contributed by atoms with Crippen LogP contribution in [0.1, 0.15) is 36.5 Å². The quantitative estimate of drug-likeness (QED) is 0.389. The molecule has 0 spiro atoms. The van der Waals surface area contributed by atoms with Crippen LogP contribution < -0.4 is 10.6 Å². The highest BCUT2D eigenvalue weighted by atomic mass is 19.4. The number of allylic oxidation sites excluding steroid dienone is 3. The van der Waals surface area contributed by atoms with Crippen molar-refractivity contribution in [1.82, 2.24) is 5.32 Å². The van der Waals surface area contributed by atoms with E-state index in [1.807, 2.05) is 6.08 Å². The number of benzene rings is 1. The minimum Gasteiger partial charge on any atom is -0.394 e. The maximum absolute atomic E-state index is 13.5. The summed E-state index contributed by atoms with van der Waals surface area (Å²) in [5, 5.41) is 15.5. The summed E-state index contributed by atoms with van der Waals surface area (Å²) < 4.78 is 65.4. The molecular weight excluding hydrogens is 440 g/mol. The van der Waals surface area contributed by atoms with Gasteiger partial charge in [-0.2, -0.15) is 13.2 Å². The molecule has 0 saturated carbocycles. The van der Waals surface area contributed by atoms with Crippen molar-refractivity contribution in [1.29, 1.82) is 0 Å². The van der Waals surface area contributed by atoms with Gasteiger partial charge in [0.25, 0.3) is 0 Å². The summed E-state index contributed by atoms with van der Waals surface area (Å²) in [6.45, 7) is 1.88. The number of ether oxygens (including phenoxy) is 2. The monoisotopic (exact) mass is 470 g/mol. The lowest BCUT2D eigenvalue weighted by Crippen LogP contribution is -2.48. The van der Waals surface area contributed by atoms with Crippen molar-refractivity contribution in [3.63, 3.8) is 0 Å². The van der Waals surface area contributed by atoms with Gasteiger partial charge in [0.15, 0.2) is 0 Å². The summed E-state index contributed by atoms with van der Waals surface area (Å²) in [5.41, 5.74) is 0.486. The summed E-state index contributed by atoms with van der Waals surface area (Å²) in [7, 11) is 0. The molecule has 4 rings (SSSR count). The molecule has 9 heteroatoms. The van der Waals surface area contributed by atoms with Crippen molar-refractivity contribution in [3.05, 3.63) is 53.4 Å². The molecule has 0 amide bonds. The topological polar surface area (TPSA) is 62.8 Å². The summed E-state index contributed by atoms with van der Waals surface area (Å²) >= 11 is 0. The van der Waals surface area contributed by atoms with Crippen molar-refractivity contribution < 1.29 is 32.1 Å².